The van der Waals surface area contributed by atoms with Crippen molar-refractivity contribution in [2.45, 2.75) is 109 Å². The van der Waals surface area contributed by atoms with Gasteiger partial charge in [-0.3, -0.25) is 15.1 Å². The molecule has 2 N–H and O–H groups in total. The normalized spacial score (nSPS) is 11.6. The maximum atomic E-state index is 11.0. The summed E-state index contributed by atoms with van der Waals surface area (Å²) in [7, 11) is 0. The number of ether oxygens (including phenoxy) is 5. The quantitative estimate of drug-likeness (QED) is 0.0629. The van der Waals surface area contributed by atoms with Crippen LogP contribution in [0.1, 0.15) is 116 Å². The van der Waals surface area contributed by atoms with Crippen LogP contribution >= 0.6 is 0 Å². The molecule has 2 aromatic heterocycles. The minimum absolute atomic E-state index is 0.152. The highest BCUT2D eigenvalue weighted by molar-refractivity contribution is 5.93. The Hall–Kier alpha value is -8.72. The molecule has 15 nitrogen and oxygen atoms in total. The molecule has 6 aromatic carbocycles. The maximum absolute atomic E-state index is 11.0. The van der Waals surface area contributed by atoms with E-state index < -0.39 is 11.9 Å². The van der Waals surface area contributed by atoms with Crippen LogP contribution in [-0.2, 0) is 45.2 Å². The van der Waals surface area contributed by atoms with Gasteiger partial charge in [-0.2, -0.15) is 0 Å². The van der Waals surface area contributed by atoms with Crippen LogP contribution in [0.15, 0.2) is 176 Å². The highest BCUT2D eigenvalue weighted by Crippen LogP contribution is 2.25. The first-order chi connectivity index (χ1) is 36.7. The minimum atomic E-state index is -0.622. The van der Waals surface area contributed by atoms with Gasteiger partial charge in [0.15, 0.2) is 5.58 Å². The van der Waals surface area contributed by atoms with E-state index in [1.165, 1.54) is 6.26 Å². The Morgan fingerprint density at radius 3 is 1.61 bits per heavy atom. The molecule has 15 heteroatoms. The van der Waals surface area contributed by atoms with Gasteiger partial charge in [-0.15, -0.1) is 0 Å². The molecule has 0 saturated carbocycles. The molecule has 0 unspecified atom stereocenters. The molecule has 0 saturated heterocycles. The van der Waals surface area contributed by atoms with Crippen molar-refractivity contribution in [2.75, 3.05) is 5.32 Å². The van der Waals surface area contributed by atoms with Crippen molar-refractivity contribution in [2.24, 2.45) is 0 Å². The summed E-state index contributed by atoms with van der Waals surface area (Å²) in [5, 5.41) is 4.15. The number of benzene rings is 6. The molecule has 0 fully saturated rings. The third kappa shape index (κ3) is 21.5. The lowest BCUT2D eigenvalue weighted by molar-refractivity contribution is -0.131. The Morgan fingerprint density at radius 1 is 0.453 bits per heavy atom. The first kappa shape index (κ1) is 64.3. The van der Waals surface area contributed by atoms with E-state index in [1.54, 1.807) is 42.5 Å². The summed E-state index contributed by atoms with van der Waals surface area (Å²) in [6.07, 6.45) is 0.841. The average molecular weight is 1030 g/mol. The monoisotopic (exact) mass is 1030 g/mol. The lowest BCUT2D eigenvalue weighted by Gasteiger charge is -2.16. The Morgan fingerprint density at radius 2 is 0.973 bits per heavy atom. The number of esters is 2. The first-order valence-electron chi connectivity index (χ1n) is 25.2. The van der Waals surface area contributed by atoms with E-state index in [0.29, 0.717) is 54.3 Å². The maximum Gasteiger partial charge on any atom is 0.514 e. The second-order valence-electron chi connectivity index (χ2n) is 13.4. The number of carbonyl (C=O) groups is 4. The van der Waals surface area contributed by atoms with E-state index in [1.807, 2.05) is 192 Å². The van der Waals surface area contributed by atoms with Gasteiger partial charge in [-0.1, -0.05) is 186 Å². The minimum Gasteiger partial charge on any atom is -0.457 e. The number of rotatable bonds is 0. The smallest absolute Gasteiger partial charge is 0.457 e. The number of amides is 1. The fourth-order valence-corrected chi connectivity index (χ4v) is 6.12. The van der Waals surface area contributed by atoms with Crippen LogP contribution in [0.25, 0.3) is 21.9 Å². The van der Waals surface area contributed by atoms with E-state index in [4.69, 9.17) is 23.4 Å². The molecule has 0 spiro atoms. The number of hydrogen-bond acceptors (Lipinski definition) is 13. The summed E-state index contributed by atoms with van der Waals surface area (Å²) in [4.78, 5) is 66.9. The predicted octanol–water partition coefficient (Wildman–Crippen LogP) is 15.0. The van der Waals surface area contributed by atoms with Gasteiger partial charge in [-0.25, -0.2) is 24.0 Å². The van der Waals surface area contributed by atoms with Crippen LogP contribution in [-0.4, -0.2) is 29.2 Å². The van der Waals surface area contributed by atoms with Crippen molar-refractivity contribution in [1.29, 1.82) is 0 Å². The Balaban J connectivity index is 0.000000432. The molecule has 8 aromatic rings. The van der Waals surface area contributed by atoms with Crippen molar-refractivity contribution in [1.82, 2.24) is 4.98 Å². The lowest BCUT2D eigenvalue weighted by atomic mass is 10.1. The van der Waals surface area contributed by atoms with Crippen molar-refractivity contribution in [3.8, 4) is 11.5 Å². The Labute approximate surface area is 439 Å². The van der Waals surface area contributed by atoms with Gasteiger partial charge in [0.1, 0.15) is 31.3 Å². The fourth-order valence-electron chi connectivity index (χ4n) is 6.12. The summed E-state index contributed by atoms with van der Waals surface area (Å²) < 4.78 is 33.3. The van der Waals surface area contributed by atoms with Gasteiger partial charge < -0.3 is 32.5 Å². The summed E-state index contributed by atoms with van der Waals surface area (Å²) >= 11 is 0. The molecule has 75 heavy (non-hydrogen) atoms. The van der Waals surface area contributed by atoms with Crippen molar-refractivity contribution in [3.63, 3.8) is 0 Å². The molecule has 0 atom stereocenters. The fraction of sp³-hybridized carbons (Fsp3) is 0.267. The third-order valence-corrected chi connectivity index (χ3v) is 9.18. The number of aromatic nitrogens is 1. The van der Waals surface area contributed by atoms with Gasteiger partial charge in [0.05, 0.1) is 34.8 Å². The van der Waals surface area contributed by atoms with E-state index in [0.717, 1.165) is 38.8 Å². The largest absolute Gasteiger partial charge is 0.514 e. The SMILES string of the molecule is CC.CC.CC.CC.CC.CC.O=C1Cc2ccccc2O1.O=C1Nc2ccccc2CO1.O=C1OCc2ccccc21.O=C1OCc2ccccc2O1.O=c1[nH]c2ccccc2o1.O=c1occc2ccccc12. The van der Waals surface area contributed by atoms with E-state index in [9.17, 15) is 28.8 Å². The van der Waals surface area contributed by atoms with E-state index in [-0.39, 0.29) is 23.7 Å². The molecule has 4 aliphatic rings. The Bertz CT molecular complexity index is 2900. The second-order valence-corrected chi connectivity index (χ2v) is 13.4. The van der Waals surface area contributed by atoms with Crippen molar-refractivity contribution in [3.05, 3.63) is 207 Å². The third-order valence-electron chi connectivity index (χ3n) is 9.18. The van der Waals surface area contributed by atoms with Gasteiger partial charge in [0.2, 0.25) is 0 Å². The number of fused-ring (bicyclic) bond motifs is 6. The average Bonchev–Trinajstić information content (AvgIpc) is 4.19. The highest BCUT2D eigenvalue weighted by Gasteiger charge is 2.20. The molecular weight excluding hydrogens is 957 g/mol. The van der Waals surface area contributed by atoms with Gasteiger partial charge >= 0.3 is 35.6 Å². The van der Waals surface area contributed by atoms with E-state index in [2.05, 4.69) is 19.5 Å². The number of para-hydroxylation sites is 5. The number of carbonyl (C=O) groups excluding carboxylic acids is 4. The Kier molecular flexibility index (Phi) is 32.6. The molecule has 0 aliphatic carbocycles. The molecule has 0 radical (unpaired) electrons. The standard InChI is InChI=1S/C9H6O2.C8H7NO2.C8H6O3.2C8H6O2.C7H5NO2.6C2H6/c10-9-8-4-2-1-3-7(8)5-6-11-9;10-8-9-7-4-2-1-3-6(7)5-11-8;9-8-10-5-6-3-1-2-4-7(6)11-8;9-8-7-4-2-1-3-6(7)5-10-8;9-8-5-6-3-1-2-4-7(6)10-8;9-7-8-5-3-1-2-4-6(5)10-7;6*1-2/h1-6H;1-4H,5H2,(H,9,10);1-4H,5H2;2*1-4H,5H2;1-4H,(H,8,9);6*1-2H3. The van der Waals surface area contributed by atoms with Crippen LogP contribution in [0.3, 0.4) is 0 Å². The van der Waals surface area contributed by atoms with E-state index >= 15 is 0 Å². The summed E-state index contributed by atoms with van der Waals surface area (Å²) in [5.74, 6) is 0.564. The number of aromatic amines is 1. The molecule has 1 amide bonds. The molecular formula is C60H72N2O13. The van der Waals surface area contributed by atoms with Gasteiger partial charge in [0, 0.05) is 22.3 Å². The zero-order chi connectivity index (χ0) is 56.0. The van der Waals surface area contributed by atoms with Crippen LogP contribution in [0, 0.1) is 0 Å². The first-order valence-corrected chi connectivity index (χ1v) is 25.2. The predicted molar refractivity (Wildman–Crippen MR) is 296 cm³/mol. The molecule has 0 bridgehead atoms. The molecule has 6 heterocycles. The summed E-state index contributed by atoms with van der Waals surface area (Å²) in [6, 6.07) is 46.1. The second kappa shape index (κ2) is 38.0. The molecule has 4 aliphatic heterocycles. The zero-order valence-corrected chi connectivity index (χ0v) is 45.1. The topological polar surface area (TPSA) is 203 Å². The number of H-pyrrole nitrogens is 1. The van der Waals surface area contributed by atoms with Crippen LogP contribution < -0.4 is 26.2 Å². The number of cyclic esters (lactones) is 3. The number of hydrogen-bond donors (Lipinski definition) is 2. The van der Waals surface area contributed by atoms with Crippen LogP contribution in [0.4, 0.5) is 15.3 Å². The summed E-state index contributed by atoms with van der Waals surface area (Å²) in [5.41, 5.74) is 6.55. The summed E-state index contributed by atoms with van der Waals surface area (Å²) in [6.45, 7) is 25.1. The van der Waals surface area contributed by atoms with Gasteiger partial charge in [-0.05, 0) is 53.9 Å². The zero-order valence-electron chi connectivity index (χ0n) is 45.1. The molecule has 12 rings (SSSR count). The molecule has 400 valence electrons. The van der Waals surface area contributed by atoms with Gasteiger partial charge in [0.25, 0.3) is 0 Å². The number of nitrogens with one attached hydrogen (secondary N) is 2. The van der Waals surface area contributed by atoms with Crippen LogP contribution in [0.2, 0.25) is 0 Å². The number of oxazole rings is 1. The van der Waals surface area contributed by atoms with Crippen molar-refractivity contribution < 1.29 is 51.7 Å². The lowest BCUT2D eigenvalue weighted by Crippen LogP contribution is -2.19. The van der Waals surface area contributed by atoms with Crippen molar-refractivity contribution >= 4 is 51.7 Å². The highest BCUT2D eigenvalue weighted by atomic mass is 16.7. The van der Waals surface area contributed by atoms with Crippen LogP contribution in [0.5, 0.6) is 11.5 Å². The number of anilines is 1.